The van der Waals surface area contributed by atoms with E-state index in [0.717, 1.165) is 12.8 Å². The van der Waals surface area contributed by atoms with E-state index in [1.165, 1.54) is 13.2 Å². The highest BCUT2D eigenvalue weighted by atomic mass is 16.5. The number of nitrogens with zero attached hydrogens (tertiary/aromatic N) is 4. The first kappa shape index (κ1) is 28.7. The zero-order valence-corrected chi connectivity index (χ0v) is 21.7. The van der Waals surface area contributed by atoms with Crippen molar-refractivity contribution in [2.75, 3.05) is 30.9 Å². The van der Waals surface area contributed by atoms with Gasteiger partial charge in [0.15, 0.2) is 17.3 Å². The van der Waals surface area contributed by atoms with Gasteiger partial charge in [-0.2, -0.15) is 5.10 Å². The van der Waals surface area contributed by atoms with Crippen LogP contribution in [-0.4, -0.2) is 91.8 Å². The second-order valence-corrected chi connectivity index (χ2v) is 9.13. The number of nitrogens with one attached hydrogen (secondary N) is 4. The average Bonchev–Trinajstić information content (AvgIpc) is 3.66. The zero-order chi connectivity index (χ0) is 28.9. The van der Waals surface area contributed by atoms with Crippen LogP contribution in [0.1, 0.15) is 23.3 Å². The Morgan fingerprint density at radius 2 is 1.93 bits per heavy atom. The smallest absolute Gasteiger partial charge is 0.272 e. The highest BCUT2D eigenvalue weighted by Gasteiger charge is 2.30. The molecule has 1 saturated carbocycles. The monoisotopic (exact) mass is 538 g/mol. The van der Waals surface area contributed by atoms with Crippen LogP contribution < -0.4 is 26.0 Å². The lowest BCUT2D eigenvalue weighted by atomic mass is 9.49. The molecule has 2 aromatic heterocycles. The number of hydrogen-bond acceptors (Lipinski definition) is 9. The molecule has 1 aromatic carbocycles. The van der Waals surface area contributed by atoms with E-state index in [2.05, 4.69) is 36.6 Å². The van der Waals surface area contributed by atoms with Crippen molar-refractivity contribution in [1.29, 1.82) is 0 Å². The molecular formula is C24H25B3N8O5. The summed E-state index contributed by atoms with van der Waals surface area (Å²) in [7, 11) is 18.1. The van der Waals surface area contributed by atoms with Crippen molar-refractivity contribution >= 4 is 58.5 Å². The van der Waals surface area contributed by atoms with Gasteiger partial charge in [-0.15, -0.1) is 10.2 Å². The Morgan fingerprint density at radius 3 is 2.60 bits per heavy atom. The summed E-state index contributed by atoms with van der Waals surface area (Å²) in [6, 6.07) is 8.50. The van der Waals surface area contributed by atoms with Crippen molar-refractivity contribution in [3.63, 3.8) is 0 Å². The van der Waals surface area contributed by atoms with Crippen molar-refractivity contribution in [2.45, 2.75) is 24.6 Å². The third kappa shape index (κ3) is 7.41. The lowest BCUT2D eigenvalue weighted by Crippen LogP contribution is -2.50. The summed E-state index contributed by atoms with van der Waals surface area (Å²) in [5, 5.41) is 29.9. The minimum atomic E-state index is -2.01. The Labute approximate surface area is 234 Å². The maximum atomic E-state index is 12.9. The molecule has 0 spiro atoms. The second kappa shape index (κ2) is 12.2. The fourth-order valence-corrected chi connectivity index (χ4v) is 3.74. The summed E-state index contributed by atoms with van der Waals surface area (Å²) < 4.78 is 7.33. The number of amides is 3. The summed E-state index contributed by atoms with van der Waals surface area (Å²) in [6.07, 6.45) is 3.34. The molecule has 13 nitrogen and oxygen atoms in total. The van der Waals surface area contributed by atoms with Gasteiger partial charge in [-0.3, -0.25) is 19.1 Å². The molecule has 5 N–H and O–H groups in total. The van der Waals surface area contributed by atoms with Crippen molar-refractivity contribution < 1.29 is 24.2 Å². The number of aromatic nitrogens is 4. The largest absolute Gasteiger partial charge is 0.494 e. The fourth-order valence-electron chi connectivity index (χ4n) is 3.74. The highest BCUT2D eigenvalue weighted by molar-refractivity contribution is 6.60. The average molecular weight is 538 g/mol. The summed E-state index contributed by atoms with van der Waals surface area (Å²) in [5.74, 6) is -0.998. The third-order valence-electron chi connectivity index (χ3n) is 5.75. The first-order valence-corrected chi connectivity index (χ1v) is 12.3. The van der Waals surface area contributed by atoms with E-state index in [4.69, 9.17) is 33.4 Å². The summed E-state index contributed by atoms with van der Waals surface area (Å²) in [6.45, 7) is 0.0828. The van der Waals surface area contributed by atoms with E-state index in [-0.39, 0.29) is 35.6 Å². The molecule has 0 atom stereocenters. The van der Waals surface area contributed by atoms with E-state index in [9.17, 15) is 14.4 Å². The number of carbonyl (C=O) groups is 3. The molecule has 1 aliphatic carbocycles. The molecule has 6 radical (unpaired) electrons. The summed E-state index contributed by atoms with van der Waals surface area (Å²) >= 11 is 0. The van der Waals surface area contributed by atoms with Crippen molar-refractivity contribution in [1.82, 2.24) is 30.6 Å². The van der Waals surface area contributed by atoms with Crippen LogP contribution in [0.2, 0.25) is 0 Å². The molecule has 3 aromatic rings. The van der Waals surface area contributed by atoms with Gasteiger partial charge < -0.3 is 31.1 Å². The van der Waals surface area contributed by atoms with Gasteiger partial charge in [-0.1, -0.05) is 11.3 Å². The van der Waals surface area contributed by atoms with Gasteiger partial charge in [0, 0.05) is 30.3 Å². The van der Waals surface area contributed by atoms with Gasteiger partial charge in [-0.05, 0) is 31.0 Å². The fraction of sp³-hybridized carbons (Fsp3) is 0.333. The van der Waals surface area contributed by atoms with Crippen molar-refractivity contribution in [3.05, 3.63) is 42.2 Å². The number of rotatable bonds is 12. The molecule has 200 valence electrons. The predicted octanol–water partition coefficient (Wildman–Crippen LogP) is -0.604. The quantitative estimate of drug-likeness (QED) is 0.189. The van der Waals surface area contributed by atoms with Crippen molar-refractivity contribution in [2.24, 2.45) is 5.92 Å². The first-order valence-electron chi connectivity index (χ1n) is 12.3. The van der Waals surface area contributed by atoms with Gasteiger partial charge in [0.25, 0.3) is 5.91 Å². The van der Waals surface area contributed by atoms with Gasteiger partial charge in [0.2, 0.25) is 11.8 Å². The van der Waals surface area contributed by atoms with E-state index >= 15 is 0 Å². The SMILES string of the molecule is [B]C([B])([B])NC(=O)c1nnc(NC(=O)C2CC2)cc1Nc1cccc(-c2ccn(CCNC(=O)CO)n2)c1OC. The molecule has 1 aliphatic rings. The molecule has 0 saturated heterocycles. The van der Waals surface area contributed by atoms with Gasteiger partial charge >= 0.3 is 0 Å². The maximum Gasteiger partial charge on any atom is 0.272 e. The molecule has 0 unspecified atom stereocenters. The number of carbonyl (C=O) groups excluding carboxylic acids is 3. The molecule has 1 fully saturated rings. The summed E-state index contributed by atoms with van der Waals surface area (Å²) in [5.41, 5.74) is 1.65. The Kier molecular flexibility index (Phi) is 8.78. The molecule has 40 heavy (non-hydrogen) atoms. The lowest BCUT2D eigenvalue weighted by molar-refractivity contribution is -0.123. The van der Waals surface area contributed by atoms with Crippen LogP contribution in [0.3, 0.4) is 0 Å². The predicted molar refractivity (Wildman–Crippen MR) is 148 cm³/mol. The third-order valence-corrected chi connectivity index (χ3v) is 5.75. The van der Waals surface area contributed by atoms with Gasteiger partial charge in [0.1, 0.15) is 6.61 Å². The van der Waals surface area contributed by atoms with E-state index in [1.54, 1.807) is 35.1 Å². The number of para-hydroxylation sites is 1. The Bertz CT molecular complexity index is 1410. The molecule has 4 rings (SSSR count). The van der Waals surface area contributed by atoms with Crippen LogP contribution in [0.5, 0.6) is 5.75 Å². The van der Waals surface area contributed by atoms with Crippen molar-refractivity contribution in [3.8, 4) is 17.0 Å². The number of anilines is 3. The van der Waals surface area contributed by atoms with Crippen LogP contribution in [0, 0.1) is 5.92 Å². The number of benzene rings is 1. The molecular weight excluding hydrogens is 513 g/mol. The van der Waals surface area contributed by atoms with E-state index < -0.39 is 23.7 Å². The normalized spacial score (nSPS) is 12.8. The van der Waals surface area contributed by atoms with Crippen LogP contribution in [0.15, 0.2) is 36.5 Å². The standard InChI is InChI=1S/C24H25B3N8O5/c1-40-21-14(15-7-9-35(34-15)10-8-28-19(37)12-36)3-2-4-16(21)29-17-11-18(30-22(38)13-5-6-13)32-33-20(17)23(39)31-24(25,26)27/h2-4,7,9,11,13,36H,5-6,8,10,12H2,1H3,(H,28,37)(H,31,39)(H2,29,30,32,38). The molecule has 0 bridgehead atoms. The molecule has 16 heteroatoms. The van der Waals surface area contributed by atoms with E-state index in [0.29, 0.717) is 29.2 Å². The number of hydrogen-bond donors (Lipinski definition) is 5. The molecule has 3 amide bonds. The Balaban J connectivity index is 1.63. The first-order chi connectivity index (χ1) is 19.1. The van der Waals surface area contributed by atoms with Crippen LogP contribution in [0.25, 0.3) is 11.3 Å². The van der Waals surface area contributed by atoms with E-state index in [1.807, 2.05) is 0 Å². The van der Waals surface area contributed by atoms with Gasteiger partial charge in [0.05, 0.1) is 54.3 Å². The Hall–Kier alpha value is -4.33. The van der Waals surface area contributed by atoms with Crippen LogP contribution in [-0.2, 0) is 16.1 Å². The minimum Gasteiger partial charge on any atom is -0.494 e. The second-order valence-electron chi connectivity index (χ2n) is 9.13. The molecule has 0 aliphatic heterocycles. The van der Waals surface area contributed by atoms with Gasteiger partial charge in [-0.25, -0.2) is 0 Å². The van der Waals surface area contributed by atoms with Crippen LogP contribution >= 0.6 is 0 Å². The van der Waals surface area contributed by atoms with Crippen LogP contribution in [0.4, 0.5) is 17.2 Å². The summed E-state index contributed by atoms with van der Waals surface area (Å²) in [4.78, 5) is 36.4. The highest BCUT2D eigenvalue weighted by Crippen LogP contribution is 2.38. The Morgan fingerprint density at radius 1 is 1.15 bits per heavy atom. The lowest BCUT2D eigenvalue weighted by Gasteiger charge is -2.23. The zero-order valence-electron chi connectivity index (χ0n) is 21.7. The number of aliphatic hydroxyl groups excluding tert-OH is 1. The number of methoxy groups -OCH3 is 1. The number of aliphatic hydroxyl groups is 1. The molecule has 2 heterocycles. The topological polar surface area (TPSA) is 172 Å². The minimum absolute atomic E-state index is 0.0731. The number of ether oxygens (including phenoxy) is 1. The maximum absolute atomic E-state index is 12.9.